The zero-order valence-electron chi connectivity index (χ0n) is 13.4. The second kappa shape index (κ2) is 6.93. The van der Waals surface area contributed by atoms with E-state index in [1.807, 2.05) is 44.4 Å². The number of benzene rings is 1. The number of methoxy groups -OCH3 is 1. The predicted octanol–water partition coefficient (Wildman–Crippen LogP) is 2.66. The molecule has 0 saturated carbocycles. The maximum Gasteiger partial charge on any atom is 0.246 e. The molecule has 0 saturated heterocycles. The minimum atomic E-state index is -0.0489. The molecule has 0 N–H and O–H groups in total. The lowest BCUT2D eigenvalue weighted by Crippen LogP contribution is -2.27. The molecular formula is C17H21N3O2. The molecule has 1 aromatic carbocycles. The molecule has 5 heteroatoms. The molecule has 0 aliphatic rings. The van der Waals surface area contributed by atoms with E-state index in [4.69, 9.17) is 4.74 Å². The van der Waals surface area contributed by atoms with Gasteiger partial charge in [0, 0.05) is 31.9 Å². The fraction of sp³-hybridized carbons (Fsp3) is 0.294. The molecule has 0 aliphatic carbocycles. The lowest BCUT2D eigenvalue weighted by Gasteiger charge is -2.24. The topological polar surface area (TPSA) is 47.4 Å². The van der Waals surface area contributed by atoms with Crippen LogP contribution in [0.5, 0.6) is 5.75 Å². The smallest absolute Gasteiger partial charge is 0.246 e. The summed E-state index contributed by atoms with van der Waals surface area (Å²) in [6.07, 6.45) is 6.91. The van der Waals surface area contributed by atoms with Gasteiger partial charge < -0.3 is 9.64 Å². The van der Waals surface area contributed by atoms with Gasteiger partial charge in [0.05, 0.1) is 19.3 Å². The van der Waals surface area contributed by atoms with Crippen molar-refractivity contribution in [1.82, 2.24) is 14.7 Å². The van der Waals surface area contributed by atoms with Gasteiger partial charge in [-0.25, -0.2) is 0 Å². The second-order valence-corrected chi connectivity index (χ2v) is 5.18. The highest BCUT2D eigenvalue weighted by atomic mass is 16.5. The minimum Gasteiger partial charge on any atom is -0.497 e. The van der Waals surface area contributed by atoms with Crippen molar-refractivity contribution in [3.05, 3.63) is 53.9 Å². The first-order chi connectivity index (χ1) is 10.5. The number of carbonyl (C=O) groups is 1. The third-order valence-electron chi connectivity index (χ3n) is 3.67. The number of hydrogen-bond donors (Lipinski definition) is 0. The molecule has 2 rings (SSSR count). The van der Waals surface area contributed by atoms with Gasteiger partial charge in [0.1, 0.15) is 5.75 Å². The number of carbonyl (C=O) groups excluding carboxylic acids is 1. The molecule has 0 unspecified atom stereocenters. The van der Waals surface area contributed by atoms with Crippen molar-refractivity contribution in [2.75, 3.05) is 14.2 Å². The highest BCUT2D eigenvalue weighted by Crippen LogP contribution is 2.21. The predicted molar refractivity (Wildman–Crippen MR) is 86.4 cm³/mol. The molecule has 0 spiro atoms. The third kappa shape index (κ3) is 3.75. The van der Waals surface area contributed by atoms with E-state index in [0.29, 0.717) is 0 Å². The fourth-order valence-corrected chi connectivity index (χ4v) is 2.11. The van der Waals surface area contributed by atoms with E-state index in [1.165, 1.54) is 0 Å². The van der Waals surface area contributed by atoms with E-state index < -0.39 is 0 Å². The molecule has 116 valence electrons. The van der Waals surface area contributed by atoms with E-state index in [2.05, 4.69) is 5.10 Å². The van der Waals surface area contributed by atoms with E-state index in [0.717, 1.165) is 16.9 Å². The molecule has 1 amide bonds. The Morgan fingerprint density at radius 2 is 2.05 bits per heavy atom. The van der Waals surface area contributed by atoms with Gasteiger partial charge in [0.15, 0.2) is 0 Å². The molecule has 1 aromatic heterocycles. The molecule has 2 aromatic rings. The van der Waals surface area contributed by atoms with Crippen molar-refractivity contribution < 1.29 is 9.53 Å². The van der Waals surface area contributed by atoms with Crippen molar-refractivity contribution in [3.8, 4) is 5.75 Å². The van der Waals surface area contributed by atoms with Crippen molar-refractivity contribution in [3.63, 3.8) is 0 Å². The van der Waals surface area contributed by atoms with Gasteiger partial charge in [-0.2, -0.15) is 5.10 Å². The zero-order chi connectivity index (χ0) is 16.1. The van der Waals surface area contributed by atoms with E-state index in [9.17, 15) is 4.79 Å². The quantitative estimate of drug-likeness (QED) is 0.797. The molecule has 1 atom stereocenters. The first-order valence-corrected chi connectivity index (χ1v) is 7.08. The summed E-state index contributed by atoms with van der Waals surface area (Å²) in [5.41, 5.74) is 1.97. The Hall–Kier alpha value is -2.56. The summed E-state index contributed by atoms with van der Waals surface area (Å²) in [7, 11) is 5.28. The Balaban J connectivity index is 2.03. The third-order valence-corrected chi connectivity index (χ3v) is 3.67. The Kier molecular flexibility index (Phi) is 4.99. The van der Waals surface area contributed by atoms with Gasteiger partial charge in [0.25, 0.3) is 0 Å². The van der Waals surface area contributed by atoms with E-state index in [-0.39, 0.29) is 11.9 Å². The van der Waals surface area contributed by atoms with Crippen LogP contribution in [0.1, 0.15) is 24.1 Å². The largest absolute Gasteiger partial charge is 0.497 e. The van der Waals surface area contributed by atoms with Crippen LogP contribution in [0, 0.1) is 0 Å². The maximum absolute atomic E-state index is 12.2. The minimum absolute atomic E-state index is 0.0167. The van der Waals surface area contributed by atoms with Crippen molar-refractivity contribution in [2.24, 2.45) is 7.05 Å². The molecule has 1 heterocycles. The molecule has 0 radical (unpaired) electrons. The molecule has 5 nitrogen and oxygen atoms in total. The van der Waals surface area contributed by atoms with Gasteiger partial charge in [-0.1, -0.05) is 12.1 Å². The van der Waals surface area contributed by atoms with Crippen LogP contribution in [-0.4, -0.2) is 34.7 Å². The number of hydrogen-bond acceptors (Lipinski definition) is 3. The van der Waals surface area contributed by atoms with Gasteiger partial charge in [-0.3, -0.25) is 9.48 Å². The molecule has 0 aliphatic heterocycles. The fourth-order valence-electron chi connectivity index (χ4n) is 2.11. The van der Waals surface area contributed by atoms with Gasteiger partial charge >= 0.3 is 0 Å². The van der Waals surface area contributed by atoms with Crippen molar-refractivity contribution >= 4 is 12.0 Å². The number of amides is 1. The molecular weight excluding hydrogens is 278 g/mol. The molecule has 22 heavy (non-hydrogen) atoms. The average Bonchev–Trinajstić information content (AvgIpc) is 2.96. The van der Waals surface area contributed by atoms with Crippen LogP contribution in [-0.2, 0) is 11.8 Å². The van der Waals surface area contributed by atoms with Gasteiger partial charge in [0.2, 0.25) is 5.91 Å². The molecule has 0 fully saturated rings. The first-order valence-electron chi connectivity index (χ1n) is 7.08. The lowest BCUT2D eigenvalue weighted by molar-refractivity contribution is -0.126. The molecule has 0 bridgehead atoms. The van der Waals surface area contributed by atoms with Crippen LogP contribution in [0.15, 0.2) is 42.7 Å². The zero-order valence-corrected chi connectivity index (χ0v) is 13.4. The van der Waals surface area contributed by atoms with Crippen LogP contribution in [0.3, 0.4) is 0 Å². The highest BCUT2D eigenvalue weighted by molar-refractivity contribution is 5.91. The number of ether oxygens (including phenoxy) is 1. The Labute approximate surface area is 130 Å². The summed E-state index contributed by atoms with van der Waals surface area (Å²) >= 11 is 0. The summed E-state index contributed by atoms with van der Waals surface area (Å²) in [6, 6.07) is 7.72. The van der Waals surface area contributed by atoms with Crippen LogP contribution >= 0.6 is 0 Å². The highest BCUT2D eigenvalue weighted by Gasteiger charge is 2.15. The van der Waals surface area contributed by atoms with E-state index in [1.54, 1.807) is 42.1 Å². The number of aromatic nitrogens is 2. The summed E-state index contributed by atoms with van der Waals surface area (Å²) in [4.78, 5) is 14.0. The van der Waals surface area contributed by atoms with Crippen LogP contribution in [0.2, 0.25) is 0 Å². The number of likely N-dealkylation sites (N-methyl/N-ethyl adjacent to an activating group) is 1. The average molecular weight is 299 g/mol. The van der Waals surface area contributed by atoms with Crippen molar-refractivity contribution in [2.45, 2.75) is 13.0 Å². The summed E-state index contributed by atoms with van der Waals surface area (Å²) in [5, 5.41) is 4.07. The summed E-state index contributed by atoms with van der Waals surface area (Å²) < 4.78 is 6.85. The normalized spacial score (nSPS) is 12.4. The van der Waals surface area contributed by atoms with Gasteiger partial charge in [-0.15, -0.1) is 0 Å². The summed E-state index contributed by atoms with van der Waals surface area (Å²) in [5.74, 6) is 0.758. The SMILES string of the molecule is COc1ccc([C@H](C)N(C)C(=O)/C=C/c2cnn(C)c2)cc1. The number of nitrogens with zero attached hydrogens (tertiary/aromatic N) is 3. The van der Waals surface area contributed by atoms with Gasteiger partial charge in [-0.05, 0) is 30.7 Å². The van der Waals surface area contributed by atoms with E-state index >= 15 is 0 Å². The standard InChI is InChI=1S/C17H21N3O2/c1-13(15-6-8-16(22-4)9-7-15)20(3)17(21)10-5-14-11-18-19(2)12-14/h5-13H,1-4H3/b10-5+/t13-/m0/s1. The van der Waals surface area contributed by atoms with Crippen LogP contribution < -0.4 is 4.74 Å². The summed E-state index contributed by atoms with van der Waals surface area (Å²) in [6.45, 7) is 2.00. The number of aryl methyl sites for hydroxylation is 1. The van der Waals surface area contributed by atoms with Crippen LogP contribution in [0.25, 0.3) is 6.08 Å². The Morgan fingerprint density at radius 3 is 2.59 bits per heavy atom. The van der Waals surface area contributed by atoms with Crippen molar-refractivity contribution in [1.29, 1.82) is 0 Å². The van der Waals surface area contributed by atoms with Crippen LogP contribution in [0.4, 0.5) is 0 Å². The second-order valence-electron chi connectivity index (χ2n) is 5.18. The first kappa shape index (κ1) is 15.8. The lowest BCUT2D eigenvalue weighted by atomic mass is 10.1. The monoisotopic (exact) mass is 299 g/mol. The number of rotatable bonds is 5. The Bertz CT molecular complexity index is 659. The Morgan fingerprint density at radius 1 is 1.36 bits per heavy atom. The maximum atomic E-state index is 12.2.